The molecule has 1 aromatic heterocycles. The van der Waals surface area contributed by atoms with Crippen LogP contribution >= 0.6 is 0 Å². The maximum Gasteiger partial charge on any atom is 0.0611 e. The van der Waals surface area contributed by atoms with Crippen molar-refractivity contribution in [2.45, 2.75) is 60.3 Å². The van der Waals surface area contributed by atoms with E-state index in [-0.39, 0.29) is 11.3 Å². The smallest absolute Gasteiger partial charge is 0.0611 e. The van der Waals surface area contributed by atoms with E-state index in [0.717, 1.165) is 17.7 Å². The molecule has 1 heterocycles. The number of para-hydroxylation sites is 1. The van der Waals surface area contributed by atoms with Gasteiger partial charge in [-0.25, -0.2) is 0 Å². The standard InChI is InChI=1S/C51H49N/c1-10-22-39-35(12-3)34(7)49(37(39)14-5)36(13-4)33(6)38-28-21-31-48(42-26-16-15-24-40(38)42)52-32-45(43-27-18-20-30-47(43)52)50-44(23-11-2)41-25-17-19-29-46(41)51(50,8)9/h11-20,22-33H,4,7,10H2,1-3,5-6,8-9H3/b23-11-,35-12-,37-14-,39-22?,49-36-. The van der Waals surface area contributed by atoms with Gasteiger partial charge < -0.3 is 4.57 Å². The van der Waals surface area contributed by atoms with E-state index in [0.29, 0.717) is 0 Å². The van der Waals surface area contributed by atoms with Gasteiger partial charge in [-0.05, 0) is 106 Å². The number of nitrogens with zero attached hydrogens (tertiary/aromatic N) is 1. The summed E-state index contributed by atoms with van der Waals surface area (Å²) in [6.45, 7) is 24.6. The van der Waals surface area contributed by atoms with Gasteiger partial charge in [-0.3, -0.25) is 0 Å². The summed E-state index contributed by atoms with van der Waals surface area (Å²) in [5.74, 6) is 0.0444. The first-order chi connectivity index (χ1) is 25.2. The number of aromatic nitrogens is 1. The molecule has 0 radical (unpaired) electrons. The Morgan fingerprint density at radius 1 is 0.846 bits per heavy atom. The Kier molecular flexibility index (Phi) is 9.26. The van der Waals surface area contributed by atoms with Crippen molar-refractivity contribution in [3.8, 4) is 0 Å². The fourth-order valence-electron chi connectivity index (χ4n) is 8.94. The lowest BCUT2D eigenvalue weighted by Crippen LogP contribution is -2.31. The molecule has 3 aromatic carbocycles. The number of hydrogen-bond donors (Lipinski definition) is 0. The molecule has 3 aliphatic rings. The summed E-state index contributed by atoms with van der Waals surface area (Å²) < 4.78 is 2.39. The summed E-state index contributed by atoms with van der Waals surface area (Å²) in [4.78, 5) is 0. The fraction of sp³-hybridized carbons (Fsp3) is 0.196. The average Bonchev–Trinajstić information content (AvgIpc) is 3.66. The quantitative estimate of drug-likeness (QED) is 0.172. The third-order valence-electron chi connectivity index (χ3n) is 11.2. The molecule has 0 bridgehead atoms. The van der Waals surface area contributed by atoms with Crippen LogP contribution in [0.5, 0.6) is 0 Å². The third kappa shape index (κ3) is 5.31. The Hall–Kier alpha value is -5.62. The van der Waals surface area contributed by atoms with Crippen LogP contribution in [0.3, 0.4) is 0 Å². The largest absolute Gasteiger partial charge is 0.315 e. The molecule has 1 unspecified atom stereocenters. The van der Waals surface area contributed by atoms with Gasteiger partial charge in [0.15, 0.2) is 0 Å². The molecule has 0 spiro atoms. The lowest BCUT2D eigenvalue weighted by molar-refractivity contribution is 0.704. The minimum atomic E-state index is -0.165. The Bertz CT molecular complexity index is 2560. The van der Waals surface area contributed by atoms with Gasteiger partial charge in [0.25, 0.3) is 0 Å². The molecule has 1 fully saturated rings. The predicted molar refractivity (Wildman–Crippen MR) is 225 cm³/mol. The zero-order valence-electron chi connectivity index (χ0n) is 31.8. The second-order valence-electron chi connectivity index (χ2n) is 14.4. The molecule has 0 saturated heterocycles. The van der Waals surface area contributed by atoms with Gasteiger partial charge in [0.1, 0.15) is 0 Å². The Morgan fingerprint density at radius 2 is 1.54 bits per heavy atom. The van der Waals surface area contributed by atoms with E-state index in [9.17, 15) is 0 Å². The maximum absolute atomic E-state index is 4.62. The number of allylic oxidation sites excluding steroid dienone is 15. The molecule has 1 nitrogen and oxygen atoms in total. The number of benzene rings is 3. The molecule has 52 heavy (non-hydrogen) atoms. The van der Waals surface area contributed by atoms with Crippen LogP contribution in [-0.4, -0.2) is 4.57 Å². The van der Waals surface area contributed by atoms with E-state index in [2.05, 4.69) is 193 Å². The monoisotopic (exact) mass is 675 g/mol. The normalized spacial score (nSPS) is 20.5. The minimum absolute atomic E-state index is 0.0444. The SMILES string of the molecule is C=C/C(=C1\C(=C)/C(=C/C)C(=CCC)\C1=C\C)C(C)C1=c2ccccc2=C(n2cc(C3=C(/C=C\C)c4ccccc4C3(C)C)c3ccccc32)C=C=C1. The van der Waals surface area contributed by atoms with Gasteiger partial charge in [0.05, 0.1) is 11.2 Å². The Labute approximate surface area is 310 Å². The fourth-order valence-corrected chi connectivity index (χ4v) is 8.94. The molecule has 4 aromatic rings. The van der Waals surface area contributed by atoms with Crippen molar-refractivity contribution in [2.75, 3.05) is 0 Å². The lowest BCUT2D eigenvalue weighted by atomic mass is 9.78. The number of hydrogen-bond acceptors (Lipinski definition) is 0. The van der Waals surface area contributed by atoms with Crippen LogP contribution in [0.15, 0.2) is 180 Å². The van der Waals surface area contributed by atoms with Crippen LogP contribution in [0, 0.1) is 5.92 Å². The third-order valence-corrected chi connectivity index (χ3v) is 11.2. The average molecular weight is 676 g/mol. The van der Waals surface area contributed by atoms with Crippen LogP contribution in [0.25, 0.3) is 33.3 Å². The number of fused-ring (bicyclic) bond motifs is 3. The molecule has 0 N–H and O–H groups in total. The van der Waals surface area contributed by atoms with Crippen LogP contribution < -0.4 is 10.4 Å². The van der Waals surface area contributed by atoms with E-state index in [1.807, 2.05) is 6.08 Å². The van der Waals surface area contributed by atoms with Gasteiger partial charge in [0, 0.05) is 39.8 Å². The van der Waals surface area contributed by atoms with E-state index in [4.69, 9.17) is 0 Å². The van der Waals surface area contributed by atoms with Gasteiger partial charge in [-0.1, -0.05) is 144 Å². The Morgan fingerprint density at radius 3 is 2.25 bits per heavy atom. The topological polar surface area (TPSA) is 4.93 Å². The molecule has 7 rings (SSSR count). The van der Waals surface area contributed by atoms with Crippen molar-refractivity contribution in [1.29, 1.82) is 0 Å². The van der Waals surface area contributed by atoms with E-state index < -0.39 is 0 Å². The van der Waals surface area contributed by atoms with Crippen LogP contribution in [-0.2, 0) is 5.41 Å². The second-order valence-corrected chi connectivity index (χ2v) is 14.4. The first-order valence-corrected chi connectivity index (χ1v) is 18.7. The van der Waals surface area contributed by atoms with Crippen molar-refractivity contribution in [3.63, 3.8) is 0 Å². The van der Waals surface area contributed by atoms with Crippen LogP contribution in [0.1, 0.15) is 71.6 Å². The summed E-state index contributed by atoms with van der Waals surface area (Å²) in [7, 11) is 0. The van der Waals surface area contributed by atoms with Gasteiger partial charge in [0.2, 0.25) is 0 Å². The zero-order chi connectivity index (χ0) is 36.7. The maximum atomic E-state index is 4.62. The molecule has 0 amide bonds. The zero-order valence-corrected chi connectivity index (χ0v) is 31.8. The van der Waals surface area contributed by atoms with Gasteiger partial charge >= 0.3 is 0 Å². The molecular formula is C51H49N. The summed E-state index contributed by atoms with van der Waals surface area (Å²) in [6.07, 6.45) is 20.9. The highest BCUT2D eigenvalue weighted by Crippen LogP contribution is 2.53. The molecule has 1 heteroatoms. The lowest BCUT2D eigenvalue weighted by Gasteiger charge is -2.25. The molecule has 1 saturated carbocycles. The van der Waals surface area contributed by atoms with Crippen molar-refractivity contribution >= 4 is 33.3 Å². The summed E-state index contributed by atoms with van der Waals surface area (Å²) >= 11 is 0. The van der Waals surface area contributed by atoms with Crippen molar-refractivity contribution in [1.82, 2.24) is 4.57 Å². The first-order valence-electron chi connectivity index (χ1n) is 18.7. The van der Waals surface area contributed by atoms with E-state index in [1.54, 1.807) is 0 Å². The van der Waals surface area contributed by atoms with Crippen LogP contribution in [0.4, 0.5) is 0 Å². The highest BCUT2D eigenvalue weighted by atomic mass is 15.0. The molecule has 1 atom stereocenters. The first kappa shape index (κ1) is 34.8. The van der Waals surface area contributed by atoms with E-state index >= 15 is 0 Å². The van der Waals surface area contributed by atoms with E-state index in [1.165, 1.54) is 82.6 Å². The molecule has 3 aliphatic carbocycles. The molecular weight excluding hydrogens is 627 g/mol. The minimum Gasteiger partial charge on any atom is -0.315 e. The summed E-state index contributed by atoms with van der Waals surface area (Å²) in [6, 6.07) is 26.6. The second kappa shape index (κ2) is 13.8. The molecule has 258 valence electrons. The number of rotatable bonds is 7. The van der Waals surface area contributed by atoms with Crippen molar-refractivity contribution in [3.05, 3.63) is 207 Å². The van der Waals surface area contributed by atoms with Gasteiger partial charge in [-0.15, -0.1) is 5.73 Å². The van der Waals surface area contributed by atoms with Gasteiger partial charge in [-0.2, -0.15) is 0 Å². The predicted octanol–water partition coefficient (Wildman–Crippen LogP) is 11.9. The highest BCUT2D eigenvalue weighted by Gasteiger charge is 2.39. The van der Waals surface area contributed by atoms with Crippen LogP contribution in [0.2, 0.25) is 0 Å². The van der Waals surface area contributed by atoms with Crippen molar-refractivity contribution in [2.24, 2.45) is 5.92 Å². The molecule has 0 aliphatic heterocycles. The summed E-state index contributed by atoms with van der Waals surface area (Å²) in [5.41, 5.74) is 20.8. The summed E-state index contributed by atoms with van der Waals surface area (Å²) in [5, 5.41) is 3.63. The Balaban J connectivity index is 1.50. The van der Waals surface area contributed by atoms with Crippen molar-refractivity contribution < 1.29 is 0 Å². The highest BCUT2D eigenvalue weighted by molar-refractivity contribution is 6.10.